The van der Waals surface area contributed by atoms with E-state index in [9.17, 15) is 26.4 Å². The van der Waals surface area contributed by atoms with E-state index >= 15 is 0 Å². The molecule has 4 rings (SSSR count). The molecule has 38 heavy (non-hydrogen) atoms. The zero-order valence-corrected chi connectivity index (χ0v) is 23.1. The normalized spacial score (nSPS) is 15.4. The van der Waals surface area contributed by atoms with Gasteiger partial charge >= 0.3 is 0 Å². The van der Waals surface area contributed by atoms with Crippen molar-refractivity contribution in [2.45, 2.75) is 43.7 Å². The van der Waals surface area contributed by atoms with Crippen LogP contribution in [0.4, 0.5) is 11.6 Å². The number of anilines is 2. The smallest absolute Gasteiger partial charge is 0.261 e. The van der Waals surface area contributed by atoms with Gasteiger partial charge in [-0.05, 0) is 49.1 Å². The molecule has 2 aromatic heterocycles. The minimum atomic E-state index is -3.89. The average Bonchev–Trinajstić information content (AvgIpc) is 2.85. The quantitative estimate of drug-likeness (QED) is 0.377. The topological polar surface area (TPSA) is 160 Å². The highest BCUT2D eigenvalue weighted by Crippen LogP contribution is 2.21. The van der Waals surface area contributed by atoms with Gasteiger partial charge in [0, 0.05) is 53.2 Å². The predicted octanol–water partition coefficient (Wildman–Crippen LogP) is 1.76. The molecular weight excluding hydrogens is 556 g/mol. The van der Waals surface area contributed by atoms with Gasteiger partial charge in [0.25, 0.3) is 14.6 Å². The third-order valence-corrected chi connectivity index (χ3v) is 8.97. The van der Waals surface area contributed by atoms with Gasteiger partial charge in [-0.15, -0.1) is 0 Å². The fourth-order valence-electron chi connectivity index (χ4n) is 4.29. The molecule has 1 aliphatic rings. The molecule has 0 aliphatic carbocycles. The zero-order chi connectivity index (χ0) is 27.7. The summed E-state index contributed by atoms with van der Waals surface area (Å²) in [6.07, 6.45) is 4.50. The average molecular weight is 583 g/mol. The number of hydrogen-bond donors (Lipinski definition) is 2. The highest BCUT2D eigenvalue weighted by Gasteiger charge is 2.25. The van der Waals surface area contributed by atoms with E-state index in [4.69, 9.17) is 10.7 Å². The molecule has 0 saturated carbocycles. The number of benzene rings is 1. The number of pyridine rings is 1. The van der Waals surface area contributed by atoms with E-state index in [1.165, 1.54) is 45.5 Å². The molecule has 2 N–H and O–H groups in total. The first-order valence-electron chi connectivity index (χ1n) is 11.8. The Balaban J connectivity index is 1.56. The Morgan fingerprint density at radius 3 is 2.37 bits per heavy atom. The van der Waals surface area contributed by atoms with Crippen LogP contribution in [0.25, 0.3) is 11.0 Å². The SMILES string of the molecule is CCc1cc(=O)n(CC(=O)Nc2ccc(S(=O)(=O)Cl)cc2)c2nc(NC3CCN(S(C)(=O)=O)CC3)ncc12. The second-order valence-corrected chi connectivity index (χ2v) is 13.5. The maximum Gasteiger partial charge on any atom is 0.261 e. The van der Waals surface area contributed by atoms with Gasteiger partial charge in [0.15, 0.2) is 0 Å². The molecule has 0 bridgehead atoms. The summed E-state index contributed by atoms with van der Waals surface area (Å²) in [5.41, 5.74) is 0.963. The Labute approximate surface area is 224 Å². The molecule has 12 nitrogen and oxygen atoms in total. The van der Waals surface area contributed by atoms with E-state index in [2.05, 4.69) is 20.6 Å². The number of hydrogen-bond acceptors (Lipinski definition) is 9. The highest BCUT2D eigenvalue weighted by molar-refractivity contribution is 8.13. The molecule has 204 valence electrons. The van der Waals surface area contributed by atoms with Gasteiger partial charge in [0.05, 0.1) is 11.2 Å². The molecule has 0 radical (unpaired) electrons. The van der Waals surface area contributed by atoms with Crippen LogP contribution < -0.4 is 16.2 Å². The Bertz CT molecular complexity index is 1630. The second kappa shape index (κ2) is 11.0. The van der Waals surface area contributed by atoms with Gasteiger partial charge in [-0.3, -0.25) is 14.2 Å². The molecule has 1 fully saturated rings. The molecule has 15 heteroatoms. The van der Waals surface area contributed by atoms with Crippen molar-refractivity contribution in [3.05, 3.63) is 52.4 Å². The fourth-order valence-corrected chi connectivity index (χ4v) is 5.93. The van der Waals surface area contributed by atoms with E-state index < -0.39 is 30.5 Å². The molecule has 1 aromatic carbocycles. The van der Waals surface area contributed by atoms with E-state index in [1.807, 2.05) is 6.92 Å². The van der Waals surface area contributed by atoms with Crippen molar-refractivity contribution in [1.29, 1.82) is 0 Å². The number of rotatable bonds is 8. The summed E-state index contributed by atoms with van der Waals surface area (Å²) in [6, 6.07) is 6.72. The first kappa shape index (κ1) is 28.0. The largest absolute Gasteiger partial charge is 0.351 e. The van der Waals surface area contributed by atoms with Gasteiger partial charge in [-0.1, -0.05) is 6.92 Å². The number of aromatic nitrogens is 3. The number of sulfonamides is 1. The summed E-state index contributed by atoms with van der Waals surface area (Å²) in [5.74, 6) is -0.240. The Hall–Kier alpha value is -3.07. The van der Waals surface area contributed by atoms with Crippen LogP contribution in [0.1, 0.15) is 25.3 Å². The number of nitrogens with one attached hydrogen (secondary N) is 2. The van der Waals surface area contributed by atoms with E-state index in [1.54, 1.807) is 6.20 Å². The first-order valence-corrected chi connectivity index (χ1v) is 16.0. The summed E-state index contributed by atoms with van der Waals surface area (Å²) in [4.78, 5) is 34.6. The first-order chi connectivity index (χ1) is 17.8. The summed E-state index contributed by atoms with van der Waals surface area (Å²) in [6.45, 7) is 2.33. The standard InChI is InChI=1S/C23H27ClN6O6S2/c1-3-15-12-21(32)30(14-20(31)26-16-4-6-18(7-5-16)38(24,35)36)22-19(15)13-25-23(28-22)27-17-8-10-29(11-9-17)37(2,33)34/h4-7,12-13,17H,3,8-11,14H2,1-2H3,(H,26,31)(H,25,27,28). The number of nitrogens with zero attached hydrogens (tertiary/aromatic N) is 4. The number of piperidine rings is 1. The van der Waals surface area contributed by atoms with Crippen molar-refractivity contribution in [3.63, 3.8) is 0 Å². The zero-order valence-electron chi connectivity index (χ0n) is 20.7. The van der Waals surface area contributed by atoms with Gasteiger partial charge in [0.2, 0.25) is 21.9 Å². The third-order valence-electron chi connectivity index (χ3n) is 6.29. The predicted molar refractivity (Wildman–Crippen MR) is 144 cm³/mol. The number of aryl methyl sites for hydroxylation is 1. The van der Waals surface area contributed by atoms with Gasteiger partial charge in [-0.25, -0.2) is 26.1 Å². The Morgan fingerprint density at radius 1 is 1.13 bits per heavy atom. The van der Waals surface area contributed by atoms with Crippen LogP contribution in [0.3, 0.4) is 0 Å². The van der Waals surface area contributed by atoms with E-state index in [0.717, 1.165) is 5.56 Å². The van der Waals surface area contributed by atoms with Crippen molar-refractivity contribution in [2.75, 3.05) is 30.0 Å². The van der Waals surface area contributed by atoms with Crippen molar-refractivity contribution in [2.24, 2.45) is 0 Å². The van der Waals surface area contributed by atoms with Crippen LogP contribution in [-0.4, -0.2) is 67.0 Å². The Morgan fingerprint density at radius 2 is 1.79 bits per heavy atom. The minimum Gasteiger partial charge on any atom is -0.351 e. The van der Waals surface area contributed by atoms with Gasteiger partial charge in [-0.2, -0.15) is 4.98 Å². The van der Waals surface area contributed by atoms with E-state index in [-0.39, 0.29) is 23.4 Å². The highest BCUT2D eigenvalue weighted by atomic mass is 35.7. The summed E-state index contributed by atoms with van der Waals surface area (Å²) in [5, 5.41) is 6.49. The molecule has 1 amide bonds. The van der Waals surface area contributed by atoms with Crippen LogP contribution >= 0.6 is 10.7 Å². The van der Waals surface area contributed by atoms with Crippen LogP contribution in [0, 0.1) is 0 Å². The number of amides is 1. The lowest BCUT2D eigenvalue weighted by Gasteiger charge is -2.30. The number of carbonyl (C=O) groups excluding carboxylic acids is 1. The maximum absolute atomic E-state index is 12.9. The summed E-state index contributed by atoms with van der Waals surface area (Å²) < 4.78 is 49.1. The third kappa shape index (κ3) is 6.49. The van der Waals surface area contributed by atoms with Crippen molar-refractivity contribution in [1.82, 2.24) is 18.8 Å². The molecule has 0 atom stereocenters. The number of halogens is 1. The Kier molecular flexibility index (Phi) is 8.06. The number of fused-ring (bicyclic) bond motifs is 1. The lowest BCUT2D eigenvalue weighted by molar-refractivity contribution is -0.116. The molecule has 0 spiro atoms. The molecular formula is C23H27ClN6O6S2. The molecule has 1 aliphatic heterocycles. The van der Waals surface area contributed by atoms with Crippen LogP contribution in [0.15, 0.2) is 46.2 Å². The van der Waals surface area contributed by atoms with Gasteiger partial charge in [0.1, 0.15) is 12.2 Å². The van der Waals surface area contributed by atoms with Crippen LogP contribution in [0.2, 0.25) is 0 Å². The number of carbonyl (C=O) groups is 1. The van der Waals surface area contributed by atoms with Crippen LogP contribution in [-0.2, 0) is 36.8 Å². The fraction of sp³-hybridized carbons (Fsp3) is 0.391. The van der Waals surface area contributed by atoms with Gasteiger partial charge < -0.3 is 10.6 Å². The summed E-state index contributed by atoms with van der Waals surface area (Å²) in [7, 11) is -1.82. The monoisotopic (exact) mass is 582 g/mol. The van der Waals surface area contributed by atoms with Crippen molar-refractivity contribution < 1.29 is 21.6 Å². The molecule has 3 aromatic rings. The second-order valence-electron chi connectivity index (χ2n) is 8.97. The molecule has 3 heterocycles. The summed E-state index contributed by atoms with van der Waals surface area (Å²) >= 11 is 0. The van der Waals surface area contributed by atoms with Crippen molar-refractivity contribution in [3.8, 4) is 0 Å². The van der Waals surface area contributed by atoms with Crippen LogP contribution in [0.5, 0.6) is 0 Å². The maximum atomic E-state index is 12.9. The van der Waals surface area contributed by atoms with Crippen molar-refractivity contribution >= 4 is 58.3 Å². The molecule has 1 saturated heterocycles. The lowest BCUT2D eigenvalue weighted by atomic mass is 10.1. The minimum absolute atomic E-state index is 0.0527. The molecule has 0 unspecified atom stereocenters. The lowest BCUT2D eigenvalue weighted by Crippen LogP contribution is -2.42. The van der Waals surface area contributed by atoms with E-state index in [0.29, 0.717) is 49.1 Å².